The van der Waals surface area contributed by atoms with Gasteiger partial charge in [0.05, 0.1) is 31.9 Å². The lowest BCUT2D eigenvalue weighted by atomic mass is 9.83. The number of aliphatic hydroxyl groups excluding tert-OH is 4. The molecule has 1 saturated heterocycles. The fourth-order valence-corrected chi connectivity index (χ4v) is 4.86. The van der Waals surface area contributed by atoms with Crippen LogP contribution in [0.15, 0.2) is 11.8 Å². The molecule has 2 heterocycles. The Bertz CT molecular complexity index is 745. The monoisotopic (exact) mass is 532 g/mol. The van der Waals surface area contributed by atoms with Crippen molar-refractivity contribution in [3.05, 3.63) is 11.8 Å². The van der Waals surface area contributed by atoms with Crippen molar-refractivity contribution in [1.29, 1.82) is 0 Å². The van der Waals surface area contributed by atoms with Crippen molar-refractivity contribution in [3.63, 3.8) is 0 Å². The summed E-state index contributed by atoms with van der Waals surface area (Å²) in [5.41, 5.74) is 11.9. The van der Waals surface area contributed by atoms with E-state index < -0.39 is 55.2 Å². The van der Waals surface area contributed by atoms with Crippen LogP contribution in [-0.4, -0.2) is 114 Å². The number of hydrogen-bond acceptors (Lipinski definition) is 12. The molecule has 2 aliphatic heterocycles. The Morgan fingerprint density at radius 3 is 2.76 bits per heavy atom. The van der Waals surface area contributed by atoms with Gasteiger partial charge in [0.25, 0.3) is 0 Å². The molecule has 0 bridgehead atoms. The highest BCUT2D eigenvalue weighted by Gasteiger charge is 2.48. The number of nitrogens with one attached hydrogen (secondary N) is 2. The number of carbonyl (C=O) groups excluding carboxylic acids is 1. The predicted molar refractivity (Wildman–Crippen MR) is 132 cm³/mol. The van der Waals surface area contributed by atoms with Crippen LogP contribution in [0.25, 0.3) is 0 Å². The molecule has 0 aromatic heterocycles. The number of ether oxygens (including phenoxy) is 4. The molecule has 3 rings (SSSR count). The van der Waals surface area contributed by atoms with Crippen molar-refractivity contribution >= 4 is 5.91 Å². The third-order valence-electron chi connectivity index (χ3n) is 6.79. The van der Waals surface area contributed by atoms with Crippen LogP contribution >= 0.6 is 0 Å². The van der Waals surface area contributed by atoms with E-state index in [4.69, 9.17) is 35.5 Å². The van der Waals surface area contributed by atoms with Crippen LogP contribution in [-0.2, 0) is 23.7 Å². The maximum absolute atomic E-state index is 12.3. The predicted octanol–water partition coefficient (Wildman–Crippen LogP) is -2.61. The molecule has 13 nitrogen and oxygen atoms in total. The molecule has 0 spiro atoms. The summed E-state index contributed by atoms with van der Waals surface area (Å²) >= 11 is 0. The van der Waals surface area contributed by atoms with Crippen molar-refractivity contribution < 1.29 is 44.2 Å². The highest BCUT2D eigenvalue weighted by Crippen LogP contribution is 2.31. The van der Waals surface area contributed by atoms with E-state index in [0.29, 0.717) is 38.2 Å². The number of nitrogens with two attached hydrogens (primary N) is 2. The van der Waals surface area contributed by atoms with Gasteiger partial charge in [0, 0.05) is 32.0 Å². The van der Waals surface area contributed by atoms with Crippen LogP contribution in [0.2, 0.25) is 0 Å². The summed E-state index contributed by atoms with van der Waals surface area (Å²) in [5.74, 6) is 0.499. The number of rotatable bonds is 12. The van der Waals surface area contributed by atoms with Crippen LogP contribution in [0.5, 0.6) is 0 Å². The van der Waals surface area contributed by atoms with Gasteiger partial charge in [0.2, 0.25) is 5.91 Å². The highest BCUT2D eigenvalue weighted by molar-refractivity contribution is 5.76. The molecule has 10 atom stereocenters. The van der Waals surface area contributed by atoms with E-state index >= 15 is 0 Å². The first kappa shape index (κ1) is 30.2. The first-order chi connectivity index (χ1) is 17.7. The average Bonchev–Trinajstić information content (AvgIpc) is 2.85. The summed E-state index contributed by atoms with van der Waals surface area (Å²) in [6, 6.07) is -1.27. The fraction of sp³-hybridized carbons (Fsp3) is 0.875. The van der Waals surface area contributed by atoms with Crippen LogP contribution in [0, 0.1) is 5.92 Å². The molecule has 0 radical (unpaired) electrons. The molecule has 13 heteroatoms. The van der Waals surface area contributed by atoms with E-state index in [1.165, 1.54) is 0 Å². The molecule has 37 heavy (non-hydrogen) atoms. The lowest BCUT2D eigenvalue weighted by molar-refractivity contribution is -0.282. The second kappa shape index (κ2) is 14.7. The summed E-state index contributed by atoms with van der Waals surface area (Å²) < 4.78 is 23.8. The standard InChI is InChI=1S/C24H44N4O9/c1-13-7-18(31)24(34-12-13)37-23-17(28-19(32)5-6-25)8-16(26)22(21(23)33)36-20-4-2-3-15(35-20)10-27-9-14(30)11-29/h3,13-14,16-18,20-24,27,29-31,33H,2,4-12,25-26H2,1H3,(H,28,32)/t13-,14?,16-,17+,18+,20+,21-,22+,23-,24+/m0/s1. The van der Waals surface area contributed by atoms with E-state index in [-0.39, 0.29) is 44.4 Å². The summed E-state index contributed by atoms with van der Waals surface area (Å²) in [4.78, 5) is 12.3. The van der Waals surface area contributed by atoms with Gasteiger partial charge in [-0.25, -0.2) is 0 Å². The van der Waals surface area contributed by atoms with Gasteiger partial charge in [-0.3, -0.25) is 4.79 Å². The SMILES string of the molecule is C[C@@H]1CO[C@H](O[C@@H]2[C@@H](O)[C@H](O[C@@H]3CCC=C(CNCC(O)CO)O3)[C@@H](N)C[C@H]2NC(=O)CCN)[C@H](O)C1. The minimum Gasteiger partial charge on any atom is -0.468 e. The minimum atomic E-state index is -1.24. The third-order valence-corrected chi connectivity index (χ3v) is 6.79. The van der Waals surface area contributed by atoms with Crippen molar-refractivity contribution in [2.24, 2.45) is 17.4 Å². The lowest BCUT2D eigenvalue weighted by Crippen LogP contribution is -2.66. The van der Waals surface area contributed by atoms with E-state index in [1.807, 2.05) is 13.0 Å². The maximum Gasteiger partial charge on any atom is 0.221 e. The van der Waals surface area contributed by atoms with E-state index in [9.17, 15) is 20.1 Å². The van der Waals surface area contributed by atoms with Crippen molar-refractivity contribution in [3.8, 4) is 0 Å². The molecule has 0 aromatic rings. The largest absolute Gasteiger partial charge is 0.468 e. The Morgan fingerprint density at radius 2 is 2.05 bits per heavy atom. The molecule has 1 saturated carbocycles. The topological polar surface area (TPSA) is 211 Å². The van der Waals surface area contributed by atoms with Gasteiger partial charge in [-0.1, -0.05) is 6.92 Å². The fourth-order valence-electron chi connectivity index (χ4n) is 4.86. The number of aliphatic hydroxyl groups is 4. The maximum atomic E-state index is 12.3. The summed E-state index contributed by atoms with van der Waals surface area (Å²) in [6.45, 7) is 2.75. The van der Waals surface area contributed by atoms with Crippen molar-refractivity contribution in [2.45, 2.75) is 94.2 Å². The summed E-state index contributed by atoms with van der Waals surface area (Å²) in [6.07, 6.45) is -2.41. The Labute approximate surface area is 217 Å². The van der Waals surface area contributed by atoms with Gasteiger partial charge in [0.15, 0.2) is 12.6 Å². The summed E-state index contributed by atoms with van der Waals surface area (Å²) in [5, 5.41) is 46.1. The molecule has 2 fully saturated rings. The molecule has 1 amide bonds. The number of amides is 1. The van der Waals surface area contributed by atoms with Crippen LogP contribution in [0.4, 0.5) is 0 Å². The normalized spacial score (nSPS) is 37.4. The average molecular weight is 533 g/mol. The zero-order chi connectivity index (χ0) is 26.9. The molecule has 214 valence electrons. The molecule has 1 aliphatic carbocycles. The Morgan fingerprint density at radius 1 is 1.27 bits per heavy atom. The van der Waals surface area contributed by atoms with Crippen molar-refractivity contribution in [2.75, 3.05) is 32.8 Å². The minimum absolute atomic E-state index is 0.114. The molecule has 3 aliphatic rings. The van der Waals surface area contributed by atoms with Gasteiger partial charge in [-0.2, -0.15) is 0 Å². The Balaban J connectivity index is 1.65. The van der Waals surface area contributed by atoms with Gasteiger partial charge >= 0.3 is 0 Å². The van der Waals surface area contributed by atoms with E-state index in [0.717, 1.165) is 0 Å². The molecular weight excluding hydrogens is 488 g/mol. The van der Waals surface area contributed by atoms with Gasteiger partial charge in [-0.15, -0.1) is 0 Å². The second-order valence-corrected chi connectivity index (χ2v) is 10.2. The second-order valence-electron chi connectivity index (χ2n) is 10.2. The quantitative estimate of drug-likeness (QED) is 0.130. The summed E-state index contributed by atoms with van der Waals surface area (Å²) in [7, 11) is 0. The first-order valence-corrected chi connectivity index (χ1v) is 13.1. The highest BCUT2D eigenvalue weighted by atomic mass is 16.7. The van der Waals surface area contributed by atoms with Crippen LogP contribution < -0.4 is 22.1 Å². The first-order valence-electron chi connectivity index (χ1n) is 13.1. The van der Waals surface area contributed by atoms with Gasteiger partial charge in [0.1, 0.15) is 30.2 Å². The molecular formula is C24H44N4O9. The zero-order valence-electron chi connectivity index (χ0n) is 21.4. The number of carbonyl (C=O) groups is 1. The van der Waals surface area contributed by atoms with Crippen LogP contribution in [0.3, 0.4) is 0 Å². The van der Waals surface area contributed by atoms with Crippen LogP contribution in [0.1, 0.15) is 39.0 Å². The Kier molecular flexibility index (Phi) is 12.0. The molecule has 1 unspecified atom stereocenters. The number of hydrogen-bond donors (Lipinski definition) is 8. The third kappa shape index (κ3) is 8.82. The smallest absolute Gasteiger partial charge is 0.221 e. The zero-order valence-corrected chi connectivity index (χ0v) is 21.4. The Hall–Kier alpha value is -1.39. The van der Waals surface area contributed by atoms with Gasteiger partial charge < -0.3 is 61.5 Å². The number of allylic oxidation sites excluding steroid dienone is 1. The van der Waals surface area contributed by atoms with E-state index in [1.54, 1.807) is 0 Å². The van der Waals surface area contributed by atoms with E-state index in [2.05, 4.69) is 10.6 Å². The lowest BCUT2D eigenvalue weighted by Gasteiger charge is -2.46. The van der Waals surface area contributed by atoms with Crippen molar-refractivity contribution in [1.82, 2.24) is 10.6 Å². The molecule has 0 aromatic carbocycles. The van der Waals surface area contributed by atoms with Gasteiger partial charge in [-0.05, 0) is 31.3 Å². The molecule has 10 N–H and O–H groups in total.